The minimum Gasteiger partial charge on any atom is -0.378 e. The van der Waals surface area contributed by atoms with E-state index in [0.717, 1.165) is 28.2 Å². The molecule has 0 radical (unpaired) electrons. The molecule has 2 N–H and O–H groups in total. The zero-order chi connectivity index (χ0) is 19.4. The third-order valence-electron chi connectivity index (χ3n) is 4.27. The van der Waals surface area contributed by atoms with Crippen molar-refractivity contribution in [1.29, 1.82) is 0 Å². The molecule has 0 spiro atoms. The van der Waals surface area contributed by atoms with Crippen LogP contribution in [0.5, 0.6) is 0 Å². The Balaban J connectivity index is 1.68. The van der Waals surface area contributed by atoms with Gasteiger partial charge in [-0.3, -0.25) is 4.79 Å². The average Bonchev–Trinajstić information content (AvgIpc) is 2.66. The molecule has 0 aliphatic carbocycles. The van der Waals surface area contributed by atoms with Crippen molar-refractivity contribution in [3.05, 3.63) is 71.5 Å². The van der Waals surface area contributed by atoms with Gasteiger partial charge < -0.3 is 15.5 Å². The fraction of sp³-hybridized carbons (Fsp3) is 0.190. The summed E-state index contributed by atoms with van der Waals surface area (Å²) >= 11 is 0. The first-order chi connectivity index (χ1) is 12.9. The summed E-state index contributed by atoms with van der Waals surface area (Å²) in [6.45, 7) is 3.93. The van der Waals surface area contributed by atoms with E-state index in [-0.39, 0.29) is 5.91 Å². The second-order valence-electron chi connectivity index (χ2n) is 6.58. The number of para-hydroxylation sites is 1. The Labute approximate surface area is 159 Å². The monoisotopic (exact) mass is 361 g/mol. The highest BCUT2D eigenvalue weighted by Crippen LogP contribution is 2.21. The predicted molar refractivity (Wildman–Crippen MR) is 110 cm³/mol. The Morgan fingerprint density at radius 1 is 0.926 bits per heavy atom. The molecule has 0 fully saturated rings. The molecule has 3 rings (SSSR count). The van der Waals surface area contributed by atoms with Crippen molar-refractivity contribution in [1.82, 2.24) is 9.97 Å². The lowest BCUT2D eigenvalue weighted by atomic mass is 10.1. The highest BCUT2D eigenvalue weighted by molar-refractivity contribution is 6.04. The summed E-state index contributed by atoms with van der Waals surface area (Å²) in [4.78, 5) is 23.0. The van der Waals surface area contributed by atoms with E-state index < -0.39 is 0 Å². The molecule has 0 saturated carbocycles. The number of aromatic nitrogens is 2. The van der Waals surface area contributed by atoms with Gasteiger partial charge in [0.05, 0.1) is 5.56 Å². The molecule has 138 valence electrons. The van der Waals surface area contributed by atoms with Crippen LogP contribution in [0.4, 0.5) is 23.0 Å². The molecule has 0 bridgehead atoms. The van der Waals surface area contributed by atoms with Gasteiger partial charge in [-0.1, -0.05) is 18.2 Å². The smallest absolute Gasteiger partial charge is 0.258 e. The molecule has 6 heteroatoms. The van der Waals surface area contributed by atoms with Gasteiger partial charge in [0, 0.05) is 43.6 Å². The number of nitrogens with zero attached hydrogens (tertiary/aromatic N) is 3. The summed E-state index contributed by atoms with van der Waals surface area (Å²) < 4.78 is 0. The molecule has 0 unspecified atom stereocenters. The van der Waals surface area contributed by atoms with Crippen LogP contribution in [0.3, 0.4) is 0 Å². The number of anilines is 4. The van der Waals surface area contributed by atoms with Crippen molar-refractivity contribution in [3.8, 4) is 0 Å². The quantitative estimate of drug-likeness (QED) is 0.714. The Hall–Kier alpha value is -3.41. The molecule has 0 atom stereocenters. The summed E-state index contributed by atoms with van der Waals surface area (Å²) in [6.07, 6.45) is 3.04. The van der Waals surface area contributed by atoms with Crippen LogP contribution in [0.25, 0.3) is 0 Å². The van der Waals surface area contributed by atoms with Crippen molar-refractivity contribution in [2.24, 2.45) is 0 Å². The maximum Gasteiger partial charge on any atom is 0.258 e. The maximum atomic E-state index is 12.5. The lowest BCUT2D eigenvalue weighted by Crippen LogP contribution is -2.14. The molecule has 1 amide bonds. The van der Waals surface area contributed by atoms with Gasteiger partial charge in [-0.15, -0.1) is 0 Å². The molecular formula is C21H23N5O. The maximum absolute atomic E-state index is 12.5. The third-order valence-corrected chi connectivity index (χ3v) is 4.27. The van der Waals surface area contributed by atoms with Crippen LogP contribution in [-0.4, -0.2) is 30.0 Å². The van der Waals surface area contributed by atoms with Gasteiger partial charge in [-0.05, 0) is 49.2 Å². The fourth-order valence-electron chi connectivity index (χ4n) is 2.68. The molecule has 2 aromatic carbocycles. The number of hydrogen-bond acceptors (Lipinski definition) is 5. The molecular weight excluding hydrogens is 338 g/mol. The van der Waals surface area contributed by atoms with E-state index in [1.807, 2.05) is 75.3 Å². The number of amides is 1. The number of benzene rings is 2. The van der Waals surface area contributed by atoms with Crippen LogP contribution >= 0.6 is 0 Å². The number of nitrogens with one attached hydrogen (secondary N) is 2. The number of carbonyl (C=O) groups excluding carboxylic acids is 1. The summed E-state index contributed by atoms with van der Waals surface area (Å²) in [6, 6.07) is 13.8. The van der Waals surface area contributed by atoms with E-state index in [4.69, 9.17) is 0 Å². The Morgan fingerprint density at radius 3 is 2.07 bits per heavy atom. The number of carbonyl (C=O) groups is 1. The van der Waals surface area contributed by atoms with E-state index in [9.17, 15) is 4.79 Å². The highest BCUT2D eigenvalue weighted by atomic mass is 16.1. The molecule has 27 heavy (non-hydrogen) atoms. The SMILES string of the molecule is Cc1cccc(C)c1NC(=O)c1cnc(Nc2ccc(N(C)C)cc2)nc1. The van der Waals surface area contributed by atoms with Crippen LogP contribution in [0.15, 0.2) is 54.9 Å². The Morgan fingerprint density at radius 2 is 1.52 bits per heavy atom. The zero-order valence-corrected chi connectivity index (χ0v) is 15.9. The van der Waals surface area contributed by atoms with Crippen molar-refractivity contribution >= 4 is 28.9 Å². The number of hydrogen-bond donors (Lipinski definition) is 2. The predicted octanol–water partition coefficient (Wildman–Crippen LogP) is 4.16. The molecule has 1 aromatic heterocycles. The lowest BCUT2D eigenvalue weighted by Gasteiger charge is -2.13. The Kier molecular flexibility index (Phi) is 5.35. The van der Waals surface area contributed by atoms with Crippen molar-refractivity contribution in [2.45, 2.75) is 13.8 Å². The molecule has 0 aliphatic heterocycles. The van der Waals surface area contributed by atoms with Gasteiger partial charge in [0.2, 0.25) is 5.95 Å². The van der Waals surface area contributed by atoms with Gasteiger partial charge in [-0.2, -0.15) is 0 Å². The van der Waals surface area contributed by atoms with Crippen LogP contribution in [0.2, 0.25) is 0 Å². The van der Waals surface area contributed by atoms with Gasteiger partial charge in [-0.25, -0.2) is 9.97 Å². The fourth-order valence-corrected chi connectivity index (χ4v) is 2.68. The van der Waals surface area contributed by atoms with Crippen LogP contribution < -0.4 is 15.5 Å². The lowest BCUT2D eigenvalue weighted by molar-refractivity contribution is 0.102. The van der Waals surface area contributed by atoms with Gasteiger partial charge in [0.1, 0.15) is 0 Å². The first-order valence-corrected chi connectivity index (χ1v) is 8.68. The molecule has 6 nitrogen and oxygen atoms in total. The minimum atomic E-state index is -0.228. The zero-order valence-electron chi connectivity index (χ0n) is 15.9. The summed E-state index contributed by atoms with van der Waals surface area (Å²) in [7, 11) is 3.99. The van der Waals surface area contributed by atoms with E-state index in [1.54, 1.807) is 0 Å². The van der Waals surface area contributed by atoms with Gasteiger partial charge >= 0.3 is 0 Å². The minimum absolute atomic E-state index is 0.228. The van der Waals surface area contributed by atoms with Crippen LogP contribution in [0, 0.1) is 13.8 Å². The van der Waals surface area contributed by atoms with Crippen molar-refractivity contribution in [2.75, 3.05) is 29.6 Å². The average molecular weight is 361 g/mol. The van der Waals surface area contributed by atoms with E-state index >= 15 is 0 Å². The normalized spacial score (nSPS) is 10.4. The van der Waals surface area contributed by atoms with E-state index in [1.165, 1.54) is 12.4 Å². The summed E-state index contributed by atoms with van der Waals surface area (Å²) in [5.74, 6) is 0.213. The first-order valence-electron chi connectivity index (χ1n) is 8.68. The highest BCUT2D eigenvalue weighted by Gasteiger charge is 2.11. The van der Waals surface area contributed by atoms with Gasteiger partial charge in [0.25, 0.3) is 5.91 Å². The molecule has 3 aromatic rings. The van der Waals surface area contributed by atoms with E-state index in [0.29, 0.717) is 11.5 Å². The van der Waals surface area contributed by atoms with E-state index in [2.05, 4.69) is 20.6 Å². The molecule has 0 saturated heterocycles. The topological polar surface area (TPSA) is 70.2 Å². The summed E-state index contributed by atoms with van der Waals surface area (Å²) in [5.41, 5.74) is 5.26. The van der Waals surface area contributed by atoms with Gasteiger partial charge in [0.15, 0.2) is 0 Å². The van der Waals surface area contributed by atoms with Crippen molar-refractivity contribution < 1.29 is 4.79 Å². The van der Waals surface area contributed by atoms with Crippen LogP contribution in [-0.2, 0) is 0 Å². The summed E-state index contributed by atoms with van der Waals surface area (Å²) in [5, 5.41) is 6.07. The third kappa shape index (κ3) is 4.41. The second kappa shape index (κ2) is 7.86. The van der Waals surface area contributed by atoms with Crippen LogP contribution in [0.1, 0.15) is 21.5 Å². The second-order valence-corrected chi connectivity index (χ2v) is 6.58. The number of rotatable bonds is 5. The largest absolute Gasteiger partial charge is 0.378 e. The first kappa shape index (κ1) is 18.4. The molecule has 0 aliphatic rings. The van der Waals surface area contributed by atoms with Crippen molar-refractivity contribution in [3.63, 3.8) is 0 Å². The molecule has 1 heterocycles. The number of aryl methyl sites for hydroxylation is 2. The Bertz CT molecular complexity index is 914. The standard InChI is InChI=1S/C21H23N5O/c1-14-6-5-7-15(2)19(14)25-20(27)16-12-22-21(23-13-16)24-17-8-10-18(11-9-17)26(3)4/h5-13H,1-4H3,(H,25,27)(H,22,23,24).